The Kier molecular flexibility index (Phi) is 7.30. The van der Waals surface area contributed by atoms with E-state index in [1.54, 1.807) is 0 Å². The molecule has 0 aliphatic carbocycles. The topological polar surface area (TPSA) is 58.7 Å². The third kappa shape index (κ3) is 5.66. The van der Waals surface area contributed by atoms with Gasteiger partial charge in [0.1, 0.15) is 16.6 Å². The highest BCUT2D eigenvalue weighted by Gasteiger charge is 2.65. The number of hydrogen-bond donors (Lipinski definition) is 0. The highest BCUT2D eigenvalue weighted by molar-refractivity contribution is 7.83. The van der Waals surface area contributed by atoms with Gasteiger partial charge in [-0.3, -0.25) is 4.99 Å². The van der Waals surface area contributed by atoms with Crippen LogP contribution in [-0.2, 0) is 20.5 Å². The Bertz CT molecular complexity index is 1220. The van der Waals surface area contributed by atoms with Gasteiger partial charge in [-0.05, 0) is 53.7 Å². The zero-order valence-corrected chi connectivity index (χ0v) is 22.6. The van der Waals surface area contributed by atoms with Crippen LogP contribution in [-0.4, -0.2) is 43.4 Å². The van der Waals surface area contributed by atoms with Crippen molar-refractivity contribution in [2.24, 2.45) is 4.99 Å². The lowest BCUT2D eigenvalue weighted by molar-refractivity contribution is -0.156. The number of hydrogen-bond acceptors (Lipinski definition) is 4. The first-order chi connectivity index (χ1) is 17.0. The largest absolute Gasteiger partial charge is 0.458 e. The summed E-state index contributed by atoms with van der Waals surface area (Å²) in [6.45, 7) is 11.5. The Morgan fingerprint density at radius 1 is 0.917 bits per heavy atom. The van der Waals surface area contributed by atoms with E-state index in [9.17, 15) is 9.00 Å². The molecule has 3 aromatic carbocycles. The van der Waals surface area contributed by atoms with Crippen molar-refractivity contribution in [2.75, 3.05) is 0 Å². The molecule has 4 atom stereocenters. The van der Waals surface area contributed by atoms with Crippen LogP contribution in [0.25, 0.3) is 0 Å². The van der Waals surface area contributed by atoms with Gasteiger partial charge in [0.15, 0.2) is 6.04 Å². The van der Waals surface area contributed by atoms with E-state index in [-0.39, 0.29) is 0 Å². The lowest BCUT2D eigenvalue weighted by Gasteiger charge is -2.23. The Labute approximate surface area is 216 Å². The van der Waals surface area contributed by atoms with Gasteiger partial charge in [0.05, 0.1) is 16.6 Å². The highest BCUT2D eigenvalue weighted by atomic mass is 32.2. The highest BCUT2D eigenvalue weighted by Crippen LogP contribution is 2.47. The van der Waals surface area contributed by atoms with Gasteiger partial charge in [-0.1, -0.05) is 78.4 Å². The van der Waals surface area contributed by atoms with Crippen LogP contribution < -0.4 is 0 Å². The standard InChI is InChI=1S/C30H34N2O3S/c1-21-17-19-24(20-18-21)36(34)32-27(30(32,5)6)26(28(33)35-29(2,3)4)31-25(22-13-9-7-10-14-22)23-15-11-8-12-16-23/h7-20,26-27H,1-6H3/t26-,27+,32?,36-/m0/s1. The molecule has 4 rings (SSSR count). The van der Waals surface area contributed by atoms with Crippen molar-refractivity contribution in [3.8, 4) is 0 Å². The average Bonchev–Trinajstić information content (AvgIpc) is 3.40. The van der Waals surface area contributed by atoms with Gasteiger partial charge in [0.2, 0.25) is 0 Å². The lowest BCUT2D eigenvalue weighted by atomic mass is 10.00. The fourth-order valence-electron chi connectivity index (χ4n) is 4.34. The molecule has 1 saturated heterocycles. The third-order valence-electron chi connectivity index (χ3n) is 6.19. The van der Waals surface area contributed by atoms with Crippen LogP contribution >= 0.6 is 0 Å². The summed E-state index contributed by atoms with van der Waals surface area (Å²) in [5, 5.41) is 0. The van der Waals surface area contributed by atoms with Crippen molar-refractivity contribution < 1.29 is 13.7 Å². The number of rotatable bonds is 7. The van der Waals surface area contributed by atoms with Crippen molar-refractivity contribution in [2.45, 2.75) is 69.7 Å². The zero-order valence-electron chi connectivity index (χ0n) is 21.8. The molecular weight excluding hydrogens is 468 g/mol. The van der Waals surface area contributed by atoms with Crippen LogP contribution in [0.1, 0.15) is 51.3 Å². The maximum absolute atomic E-state index is 13.6. The van der Waals surface area contributed by atoms with Crippen LogP contribution in [0.2, 0.25) is 0 Å². The van der Waals surface area contributed by atoms with Crippen molar-refractivity contribution in [3.05, 3.63) is 102 Å². The molecule has 0 spiro atoms. The van der Waals surface area contributed by atoms with E-state index in [1.165, 1.54) is 0 Å². The minimum absolute atomic E-state index is 0.392. The van der Waals surface area contributed by atoms with E-state index in [0.717, 1.165) is 16.7 Å². The summed E-state index contributed by atoms with van der Waals surface area (Å²) < 4.78 is 21.3. The molecule has 36 heavy (non-hydrogen) atoms. The first-order valence-corrected chi connectivity index (χ1v) is 13.3. The molecule has 0 amide bonds. The molecule has 1 fully saturated rings. The van der Waals surface area contributed by atoms with E-state index in [1.807, 2.05) is 131 Å². The molecule has 3 aromatic rings. The van der Waals surface area contributed by atoms with Crippen molar-refractivity contribution in [3.63, 3.8) is 0 Å². The van der Waals surface area contributed by atoms with Crippen LogP contribution in [0.5, 0.6) is 0 Å². The number of ether oxygens (including phenoxy) is 1. The molecular formula is C30H34N2O3S. The summed E-state index contributed by atoms with van der Waals surface area (Å²) in [6, 6.07) is 26.1. The summed E-state index contributed by atoms with van der Waals surface area (Å²) in [4.78, 5) is 19.4. The molecule has 5 nitrogen and oxygen atoms in total. The summed E-state index contributed by atoms with van der Waals surface area (Å²) in [5.74, 6) is -0.423. The van der Waals surface area contributed by atoms with E-state index in [0.29, 0.717) is 10.6 Å². The second-order valence-electron chi connectivity index (χ2n) is 10.7. The number of aliphatic imine (C=N–C) groups is 1. The van der Waals surface area contributed by atoms with Crippen molar-refractivity contribution in [1.29, 1.82) is 0 Å². The number of carbonyl (C=O) groups is 1. The summed E-state index contributed by atoms with van der Waals surface area (Å²) >= 11 is 0. The van der Waals surface area contributed by atoms with Gasteiger partial charge in [-0.2, -0.15) is 0 Å². The van der Waals surface area contributed by atoms with Crippen LogP contribution in [0.15, 0.2) is 94.8 Å². The number of nitrogens with zero attached hydrogens (tertiary/aromatic N) is 2. The Morgan fingerprint density at radius 3 is 1.89 bits per heavy atom. The average molecular weight is 503 g/mol. The molecule has 188 valence electrons. The molecule has 0 bridgehead atoms. The molecule has 1 unspecified atom stereocenters. The van der Waals surface area contributed by atoms with Crippen molar-refractivity contribution >= 4 is 22.7 Å². The quantitative estimate of drug-likeness (QED) is 0.236. The second-order valence-corrected chi connectivity index (χ2v) is 12.0. The third-order valence-corrected chi connectivity index (χ3v) is 7.92. The number of aryl methyl sites for hydroxylation is 1. The Morgan fingerprint density at radius 2 is 1.42 bits per heavy atom. The van der Waals surface area contributed by atoms with Crippen LogP contribution in [0.3, 0.4) is 0 Å². The number of esters is 1. The molecule has 0 radical (unpaired) electrons. The molecule has 6 heteroatoms. The summed E-state index contributed by atoms with van der Waals surface area (Å²) in [7, 11) is -1.44. The molecule has 1 aliphatic rings. The molecule has 1 heterocycles. The van der Waals surface area contributed by atoms with Crippen LogP contribution in [0.4, 0.5) is 0 Å². The van der Waals surface area contributed by atoms with Gasteiger partial charge in [0, 0.05) is 16.7 Å². The fourth-order valence-corrected chi connectivity index (χ4v) is 6.01. The summed E-state index contributed by atoms with van der Waals surface area (Å²) in [6.07, 6.45) is 0. The van der Waals surface area contributed by atoms with Gasteiger partial charge in [-0.15, -0.1) is 0 Å². The first-order valence-electron chi connectivity index (χ1n) is 12.2. The van der Waals surface area contributed by atoms with E-state index >= 15 is 0 Å². The Hall–Kier alpha value is -3.09. The normalized spacial score (nSPS) is 20.2. The molecule has 0 aromatic heterocycles. The maximum atomic E-state index is 13.6. The van der Waals surface area contributed by atoms with Crippen molar-refractivity contribution in [1.82, 2.24) is 4.31 Å². The number of benzene rings is 3. The molecule has 0 N–H and O–H groups in total. The fraction of sp³-hybridized carbons (Fsp3) is 0.333. The van der Waals surface area contributed by atoms with Crippen LogP contribution in [0, 0.1) is 6.92 Å². The van der Waals surface area contributed by atoms with E-state index in [4.69, 9.17) is 9.73 Å². The lowest BCUT2D eigenvalue weighted by Crippen LogP contribution is -2.37. The predicted molar refractivity (Wildman–Crippen MR) is 145 cm³/mol. The van der Waals surface area contributed by atoms with Gasteiger partial charge in [0.25, 0.3) is 0 Å². The van der Waals surface area contributed by atoms with Gasteiger partial charge in [-0.25, -0.2) is 13.3 Å². The maximum Gasteiger partial charge on any atom is 0.333 e. The van der Waals surface area contributed by atoms with E-state index in [2.05, 4.69) is 0 Å². The SMILES string of the molecule is Cc1ccc([S@](=O)N2[C@H]([C@H](N=C(c3ccccc3)c3ccccc3)C(=O)OC(C)(C)C)C2(C)C)cc1. The van der Waals surface area contributed by atoms with Gasteiger partial charge < -0.3 is 4.74 Å². The Balaban J connectivity index is 1.80. The smallest absolute Gasteiger partial charge is 0.333 e. The number of carbonyl (C=O) groups excluding carboxylic acids is 1. The van der Waals surface area contributed by atoms with Gasteiger partial charge >= 0.3 is 5.97 Å². The molecule has 0 saturated carbocycles. The second kappa shape index (κ2) is 10.1. The summed E-state index contributed by atoms with van der Waals surface area (Å²) in [5.41, 5.74) is 2.42. The molecule has 1 aliphatic heterocycles. The van der Waals surface area contributed by atoms with E-state index < -0.39 is 40.2 Å². The first kappa shape index (κ1) is 26.0. The minimum Gasteiger partial charge on any atom is -0.458 e. The monoisotopic (exact) mass is 502 g/mol. The zero-order chi connectivity index (χ0) is 26.1. The predicted octanol–water partition coefficient (Wildman–Crippen LogP) is 5.73. The minimum atomic E-state index is -1.44.